The zero-order valence-corrected chi connectivity index (χ0v) is 12.2. The van der Waals surface area contributed by atoms with Crippen molar-refractivity contribution in [2.75, 3.05) is 6.54 Å². The summed E-state index contributed by atoms with van der Waals surface area (Å²) in [5.74, 6) is -1.13. The summed E-state index contributed by atoms with van der Waals surface area (Å²) in [7, 11) is 1.74. The zero-order valence-electron chi connectivity index (χ0n) is 12.2. The summed E-state index contributed by atoms with van der Waals surface area (Å²) < 4.78 is 15.3. The van der Waals surface area contributed by atoms with Crippen LogP contribution in [0.4, 0.5) is 4.39 Å². The van der Waals surface area contributed by atoms with Gasteiger partial charge in [-0.2, -0.15) is 5.10 Å². The monoisotopic (exact) mass is 291 g/mol. The van der Waals surface area contributed by atoms with Crippen LogP contribution in [-0.4, -0.2) is 27.3 Å². The van der Waals surface area contributed by atoms with Crippen molar-refractivity contribution in [3.8, 4) is 0 Å². The highest BCUT2D eigenvalue weighted by Crippen LogP contribution is 2.19. The molecule has 0 saturated heterocycles. The van der Waals surface area contributed by atoms with Gasteiger partial charge in [-0.3, -0.25) is 9.48 Å². The summed E-state index contributed by atoms with van der Waals surface area (Å²) in [6.07, 6.45) is 3.19. The summed E-state index contributed by atoms with van der Waals surface area (Å²) in [4.78, 5) is 12.0. The molecular formula is C15H18FN3O2. The number of amides is 1. The van der Waals surface area contributed by atoms with Crippen molar-refractivity contribution in [3.05, 3.63) is 53.1 Å². The fraction of sp³-hybridized carbons (Fsp3) is 0.333. The van der Waals surface area contributed by atoms with Crippen molar-refractivity contribution in [1.82, 2.24) is 15.1 Å². The number of carbonyl (C=O) groups is 1. The molecule has 1 heterocycles. The molecule has 1 atom stereocenters. The molecule has 0 bridgehead atoms. The van der Waals surface area contributed by atoms with E-state index in [-0.39, 0.29) is 12.1 Å². The number of aromatic nitrogens is 2. The van der Waals surface area contributed by atoms with Crippen molar-refractivity contribution < 1.29 is 14.3 Å². The average molecular weight is 291 g/mol. The van der Waals surface area contributed by atoms with E-state index in [1.165, 1.54) is 18.3 Å². The Morgan fingerprint density at radius 1 is 1.52 bits per heavy atom. The first-order valence-corrected chi connectivity index (χ1v) is 6.55. The number of aryl methyl sites for hydroxylation is 2. The van der Waals surface area contributed by atoms with Gasteiger partial charge in [-0.15, -0.1) is 0 Å². The van der Waals surface area contributed by atoms with Crippen LogP contribution in [0.15, 0.2) is 30.6 Å². The van der Waals surface area contributed by atoms with Crippen LogP contribution in [0, 0.1) is 12.7 Å². The lowest BCUT2D eigenvalue weighted by molar-refractivity contribution is 0.0524. The van der Waals surface area contributed by atoms with Crippen LogP contribution in [0.25, 0.3) is 0 Å². The van der Waals surface area contributed by atoms with Crippen LogP contribution in [0.5, 0.6) is 0 Å². The lowest BCUT2D eigenvalue weighted by atomic mass is 9.99. The molecule has 5 nitrogen and oxygen atoms in total. The smallest absolute Gasteiger partial charge is 0.254 e. The number of aliphatic hydroxyl groups is 1. The van der Waals surface area contributed by atoms with Crippen LogP contribution in [0.1, 0.15) is 28.4 Å². The lowest BCUT2D eigenvalue weighted by Gasteiger charge is -2.22. The molecule has 0 aliphatic carbocycles. The standard InChI is InChI=1S/C15H18FN3O2/c1-10-4-5-12(13(16)6-10)14(20)17-9-15(2,21)11-7-18-19(3)8-11/h4-8,21H,9H2,1-3H3,(H,17,20). The van der Waals surface area contributed by atoms with Gasteiger partial charge in [0.05, 0.1) is 18.3 Å². The highest BCUT2D eigenvalue weighted by atomic mass is 19.1. The Kier molecular flexibility index (Phi) is 4.09. The second-order valence-electron chi connectivity index (χ2n) is 5.34. The van der Waals surface area contributed by atoms with E-state index >= 15 is 0 Å². The summed E-state index contributed by atoms with van der Waals surface area (Å²) in [5, 5.41) is 16.9. The Hall–Kier alpha value is -2.21. The first kappa shape index (κ1) is 15.2. The first-order chi connectivity index (χ1) is 9.79. The molecule has 0 fully saturated rings. The predicted octanol–water partition coefficient (Wildman–Crippen LogP) is 1.51. The molecule has 112 valence electrons. The van der Waals surface area contributed by atoms with Crippen LogP contribution in [-0.2, 0) is 12.6 Å². The van der Waals surface area contributed by atoms with Crippen LogP contribution < -0.4 is 5.32 Å². The number of halogens is 1. The molecule has 0 spiro atoms. The summed E-state index contributed by atoms with van der Waals surface area (Å²) in [6.45, 7) is 3.28. The van der Waals surface area contributed by atoms with Gasteiger partial charge < -0.3 is 10.4 Å². The van der Waals surface area contributed by atoms with Crippen LogP contribution in [0.3, 0.4) is 0 Å². The molecule has 1 unspecified atom stereocenters. The summed E-state index contributed by atoms with van der Waals surface area (Å²) in [6, 6.07) is 4.39. The fourth-order valence-electron chi connectivity index (χ4n) is 1.95. The number of hydrogen-bond acceptors (Lipinski definition) is 3. The van der Waals surface area contributed by atoms with Gasteiger partial charge in [0.15, 0.2) is 0 Å². The van der Waals surface area contributed by atoms with Gasteiger partial charge in [0.2, 0.25) is 0 Å². The quantitative estimate of drug-likeness (QED) is 0.897. The number of rotatable bonds is 4. The normalized spacial score (nSPS) is 13.8. The second kappa shape index (κ2) is 5.65. The van der Waals surface area contributed by atoms with Crippen molar-refractivity contribution in [2.45, 2.75) is 19.4 Å². The third kappa shape index (κ3) is 3.46. The third-order valence-electron chi connectivity index (χ3n) is 3.29. The Labute approximate surface area is 122 Å². The summed E-state index contributed by atoms with van der Waals surface area (Å²) >= 11 is 0. The molecule has 2 aromatic rings. The molecule has 2 N–H and O–H groups in total. The maximum absolute atomic E-state index is 13.7. The number of carbonyl (C=O) groups excluding carboxylic acids is 1. The van der Waals surface area contributed by atoms with Crippen LogP contribution in [0.2, 0.25) is 0 Å². The second-order valence-corrected chi connectivity index (χ2v) is 5.34. The van der Waals surface area contributed by atoms with E-state index in [1.54, 1.807) is 37.8 Å². The van der Waals surface area contributed by atoms with E-state index in [2.05, 4.69) is 10.4 Å². The molecule has 1 aromatic heterocycles. The molecule has 0 radical (unpaired) electrons. The van der Waals surface area contributed by atoms with Gasteiger partial charge >= 0.3 is 0 Å². The molecule has 0 aliphatic heterocycles. The maximum Gasteiger partial charge on any atom is 0.254 e. The largest absolute Gasteiger partial charge is 0.383 e. The van der Waals surface area contributed by atoms with Gasteiger partial charge in [-0.05, 0) is 31.5 Å². The number of nitrogens with zero attached hydrogens (tertiary/aromatic N) is 2. The molecule has 21 heavy (non-hydrogen) atoms. The Bertz CT molecular complexity index is 665. The average Bonchev–Trinajstić information content (AvgIpc) is 2.84. The molecule has 1 aromatic carbocycles. The van der Waals surface area contributed by atoms with Crippen molar-refractivity contribution in [1.29, 1.82) is 0 Å². The molecule has 0 aliphatic rings. The maximum atomic E-state index is 13.7. The minimum absolute atomic E-state index is 0.0369. The third-order valence-corrected chi connectivity index (χ3v) is 3.29. The Balaban J connectivity index is 2.06. The highest BCUT2D eigenvalue weighted by molar-refractivity contribution is 5.94. The highest BCUT2D eigenvalue weighted by Gasteiger charge is 2.26. The number of benzene rings is 1. The topological polar surface area (TPSA) is 67.2 Å². The Morgan fingerprint density at radius 3 is 2.81 bits per heavy atom. The zero-order chi connectivity index (χ0) is 15.6. The van der Waals surface area contributed by atoms with Gasteiger partial charge in [0.1, 0.15) is 11.4 Å². The fourth-order valence-corrected chi connectivity index (χ4v) is 1.95. The summed E-state index contributed by atoms with van der Waals surface area (Å²) in [5.41, 5.74) is 0.00845. The van der Waals surface area contributed by atoms with E-state index in [0.29, 0.717) is 5.56 Å². The minimum atomic E-state index is -1.27. The van der Waals surface area contributed by atoms with Gasteiger partial charge in [0, 0.05) is 18.8 Å². The van der Waals surface area contributed by atoms with Crippen molar-refractivity contribution in [3.63, 3.8) is 0 Å². The van der Waals surface area contributed by atoms with E-state index in [9.17, 15) is 14.3 Å². The van der Waals surface area contributed by atoms with E-state index in [1.807, 2.05) is 0 Å². The van der Waals surface area contributed by atoms with Gasteiger partial charge in [-0.1, -0.05) is 6.07 Å². The Morgan fingerprint density at radius 2 is 2.24 bits per heavy atom. The molecule has 0 saturated carbocycles. The van der Waals surface area contributed by atoms with Gasteiger partial charge in [-0.25, -0.2) is 4.39 Å². The molecule has 2 rings (SSSR count). The van der Waals surface area contributed by atoms with Crippen molar-refractivity contribution in [2.24, 2.45) is 7.05 Å². The lowest BCUT2D eigenvalue weighted by Crippen LogP contribution is -2.38. The molecular weight excluding hydrogens is 273 g/mol. The van der Waals surface area contributed by atoms with E-state index in [0.717, 1.165) is 5.56 Å². The predicted molar refractivity (Wildman–Crippen MR) is 76.2 cm³/mol. The molecule has 1 amide bonds. The van der Waals surface area contributed by atoms with Crippen LogP contribution >= 0.6 is 0 Å². The number of nitrogens with one attached hydrogen (secondary N) is 1. The van der Waals surface area contributed by atoms with E-state index < -0.39 is 17.3 Å². The molecule has 6 heteroatoms. The van der Waals surface area contributed by atoms with E-state index in [4.69, 9.17) is 0 Å². The SMILES string of the molecule is Cc1ccc(C(=O)NCC(C)(O)c2cnn(C)c2)c(F)c1. The first-order valence-electron chi connectivity index (χ1n) is 6.55. The van der Waals surface area contributed by atoms with Crippen molar-refractivity contribution >= 4 is 5.91 Å². The minimum Gasteiger partial charge on any atom is -0.383 e. The number of hydrogen-bond donors (Lipinski definition) is 2. The van der Waals surface area contributed by atoms with Gasteiger partial charge in [0.25, 0.3) is 5.91 Å².